The van der Waals surface area contributed by atoms with Crippen molar-refractivity contribution in [1.29, 1.82) is 0 Å². The molecule has 7 heteroatoms. The second-order valence-corrected chi connectivity index (χ2v) is 7.74. The van der Waals surface area contributed by atoms with Gasteiger partial charge in [0.2, 0.25) is 0 Å². The zero-order valence-corrected chi connectivity index (χ0v) is 16.4. The van der Waals surface area contributed by atoms with Gasteiger partial charge in [0, 0.05) is 7.05 Å². The average Bonchev–Trinajstić information content (AvgIpc) is 2.94. The monoisotopic (exact) mass is 385 g/mol. The molecule has 1 aliphatic heterocycles. The first-order valence-corrected chi connectivity index (χ1v) is 8.84. The van der Waals surface area contributed by atoms with Gasteiger partial charge in [-0.3, -0.25) is 14.2 Å². The number of hydrogen-bond acceptors (Lipinski definition) is 4. The zero-order chi connectivity index (χ0) is 19.8. The number of carbonyl (C=O) groups is 2. The molecule has 0 fully saturated rings. The first-order valence-electron chi connectivity index (χ1n) is 8.47. The summed E-state index contributed by atoms with van der Waals surface area (Å²) >= 11 is 6.26. The molecule has 0 aliphatic carbocycles. The molecule has 0 bridgehead atoms. The zero-order valence-electron chi connectivity index (χ0n) is 15.7. The quantitative estimate of drug-likeness (QED) is 0.559. The molecule has 3 rings (SSSR count). The molecule has 0 atom stereocenters. The Morgan fingerprint density at radius 2 is 2.11 bits per heavy atom. The second kappa shape index (κ2) is 7.09. The van der Waals surface area contributed by atoms with E-state index in [9.17, 15) is 9.59 Å². The third kappa shape index (κ3) is 3.69. The summed E-state index contributed by atoms with van der Waals surface area (Å²) in [6, 6.07) is 5.31. The predicted molar refractivity (Wildman–Crippen MR) is 102 cm³/mol. The number of fused-ring (bicyclic) bond motifs is 3. The lowest BCUT2D eigenvalue weighted by Gasteiger charge is -2.15. The van der Waals surface area contributed by atoms with Gasteiger partial charge in [0.05, 0.1) is 33.9 Å². The highest BCUT2D eigenvalue weighted by molar-refractivity contribution is 6.34. The van der Waals surface area contributed by atoms with Crippen molar-refractivity contribution in [3.63, 3.8) is 0 Å². The topological polar surface area (TPSA) is 64.4 Å². The fraction of sp³-hybridized carbons (Fsp3) is 0.350. The van der Waals surface area contributed by atoms with Gasteiger partial charge >= 0.3 is 5.97 Å². The lowest BCUT2D eigenvalue weighted by atomic mass is 9.97. The highest BCUT2D eigenvalue weighted by Crippen LogP contribution is 2.30. The van der Waals surface area contributed by atoms with E-state index >= 15 is 0 Å². The molecular formula is C20H20ClN3O3. The van der Waals surface area contributed by atoms with Crippen LogP contribution in [0.1, 0.15) is 42.5 Å². The smallest absolute Gasteiger partial charge is 0.312 e. The molecule has 0 N–H and O–H groups in total. The van der Waals surface area contributed by atoms with Gasteiger partial charge in [-0.05, 0) is 38.8 Å². The van der Waals surface area contributed by atoms with Gasteiger partial charge in [0.15, 0.2) is 6.61 Å². The minimum atomic E-state index is -0.570. The van der Waals surface area contributed by atoms with E-state index in [0.29, 0.717) is 28.5 Å². The van der Waals surface area contributed by atoms with Crippen molar-refractivity contribution in [3.8, 4) is 17.5 Å². The number of benzene rings is 1. The molecule has 0 radical (unpaired) electrons. The van der Waals surface area contributed by atoms with Gasteiger partial charge in [-0.1, -0.05) is 23.6 Å². The molecule has 0 saturated carbocycles. The minimum Gasteiger partial charge on any atom is -0.452 e. The maximum absolute atomic E-state index is 12.7. The highest BCUT2D eigenvalue weighted by atomic mass is 35.5. The lowest BCUT2D eigenvalue weighted by molar-refractivity contribution is -0.151. The normalized spacial score (nSPS) is 13.2. The Morgan fingerprint density at radius 1 is 1.37 bits per heavy atom. The van der Waals surface area contributed by atoms with Gasteiger partial charge in [-0.15, -0.1) is 0 Å². The van der Waals surface area contributed by atoms with Crippen LogP contribution in [0, 0.1) is 17.3 Å². The Kier molecular flexibility index (Phi) is 4.99. The predicted octanol–water partition coefficient (Wildman–Crippen LogP) is 3.05. The second-order valence-electron chi connectivity index (χ2n) is 7.33. The number of amides is 1. The summed E-state index contributed by atoms with van der Waals surface area (Å²) in [4.78, 5) is 30.4. The van der Waals surface area contributed by atoms with Gasteiger partial charge in [-0.25, -0.2) is 4.98 Å². The van der Waals surface area contributed by atoms with E-state index < -0.39 is 5.41 Å². The largest absolute Gasteiger partial charge is 0.452 e. The van der Waals surface area contributed by atoms with E-state index in [-0.39, 0.29) is 18.5 Å². The van der Waals surface area contributed by atoms with Crippen LogP contribution in [-0.2, 0) is 16.1 Å². The summed E-state index contributed by atoms with van der Waals surface area (Å²) in [5, 5.41) is 0.396. The van der Waals surface area contributed by atoms with E-state index in [4.69, 9.17) is 16.3 Å². The molecule has 1 amide bonds. The van der Waals surface area contributed by atoms with E-state index in [0.717, 1.165) is 5.69 Å². The molecule has 0 saturated heterocycles. The molecule has 2 aromatic rings. The van der Waals surface area contributed by atoms with Crippen molar-refractivity contribution < 1.29 is 14.3 Å². The number of hydrogen-bond donors (Lipinski definition) is 0. The van der Waals surface area contributed by atoms with Crippen LogP contribution in [0.4, 0.5) is 0 Å². The fourth-order valence-electron chi connectivity index (χ4n) is 2.69. The van der Waals surface area contributed by atoms with Crippen molar-refractivity contribution in [2.45, 2.75) is 27.3 Å². The van der Waals surface area contributed by atoms with E-state index in [1.54, 1.807) is 51.2 Å². The number of halogens is 1. The Morgan fingerprint density at radius 3 is 2.81 bits per heavy atom. The highest BCUT2D eigenvalue weighted by Gasteiger charge is 2.27. The number of aromatic nitrogens is 2. The molecule has 1 aromatic carbocycles. The Labute approximate surface area is 163 Å². The lowest BCUT2D eigenvalue weighted by Crippen LogP contribution is -2.25. The van der Waals surface area contributed by atoms with Gasteiger partial charge in [0.1, 0.15) is 12.0 Å². The summed E-state index contributed by atoms with van der Waals surface area (Å²) in [6.45, 7) is 5.68. The number of imidazole rings is 1. The molecule has 0 spiro atoms. The molecule has 6 nitrogen and oxygen atoms in total. The maximum Gasteiger partial charge on any atom is 0.312 e. The van der Waals surface area contributed by atoms with Crippen LogP contribution in [0.3, 0.4) is 0 Å². The van der Waals surface area contributed by atoms with Crippen molar-refractivity contribution in [3.05, 3.63) is 46.5 Å². The van der Waals surface area contributed by atoms with Crippen LogP contribution in [0.15, 0.2) is 24.5 Å². The van der Waals surface area contributed by atoms with Crippen LogP contribution >= 0.6 is 11.6 Å². The van der Waals surface area contributed by atoms with E-state index in [2.05, 4.69) is 16.8 Å². The summed E-state index contributed by atoms with van der Waals surface area (Å²) in [5.41, 5.74) is 1.86. The van der Waals surface area contributed by atoms with Gasteiger partial charge < -0.3 is 9.64 Å². The molecule has 27 heavy (non-hydrogen) atoms. The molecule has 2 heterocycles. The summed E-state index contributed by atoms with van der Waals surface area (Å²) < 4.78 is 6.98. The standard InChI is InChI=1S/C20H20ClN3O3/c1-20(2,3)19(26)27-10-6-8-14-16-11-23(4)18(25)17-13(21)7-5-9-15(17)24(16)12-22-14/h5,7,9,12H,10-11H2,1-4H3. The number of rotatable bonds is 1. The van der Waals surface area contributed by atoms with E-state index in [1.807, 2.05) is 10.6 Å². The van der Waals surface area contributed by atoms with Gasteiger partial charge in [0.25, 0.3) is 5.91 Å². The number of esters is 1. The van der Waals surface area contributed by atoms with Crippen molar-refractivity contribution in [2.75, 3.05) is 13.7 Å². The SMILES string of the molecule is CN1Cc2c(C#CCOC(=O)C(C)(C)C)ncn2-c2cccc(Cl)c2C1=O. The minimum absolute atomic E-state index is 0.0143. The molecule has 1 aliphatic rings. The number of ether oxygens (including phenoxy) is 1. The fourth-order valence-corrected chi connectivity index (χ4v) is 2.94. The van der Waals surface area contributed by atoms with Crippen LogP contribution in [0.5, 0.6) is 0 Å². The van der Waals surface area contributed by atoms with Crippen molar-refractivity contribution in [1.82, 2.24) is 14.5 Å². The Bertz CT molecular complexity index is 977. The molecule has 140 valence electrons. The third-order valence-corrected chi connectivity index (χ3v) is 4.47. The molecule has 1 aromatic heterocycles. The summed E-state index contributed by atoms with van der Waals surface area (Å²) in [6.07, 6.45) is 1.63. The first kappa shape index (κ1) is 19.0. The van der Waals surface area contributed by atoms with Crippen molar-refractivity contribution in [2.24, 2.45) is 5.41 Å². The molecule has 0 unspecified atom stereocenters. The average molecular weight is 386 g/mol. The van der Waals surface area contributed by atoms with Crippen LogP contribution in [0.25, 0.3) is 5.69 Å². The Hall–Kier alpha value is -2.78. The van der Waals surface area contributed by atoms with Crippen LogP contribution < -0.4 is 0 Å². The summed E-state index contributed by atoms with van der Waals surface area (Å²) in [7, 11) is 1.71. The third-order valence-electron chi connectivity index (χ3n) is 4.16. The van der Waals surface area contributed by atoms with E-state index in [1.165, 1.54) is 0 Å². The first-order chi connectivity index (χ1) is 12.7. The Balaban J connectivity index is 1.92. The maximum atomic E-state index is 12.7. The van der Waals surface area contributed by atoms with Crippen molar-refractivity contribution >= 4 is 23.5 Å². The number of carbonyl (C=O) groups excluding carboxylic acids is 2. The van der Waals surface area contributed by atoms with Crippen LogP contribution in [0.2, 0.25) is 5.02 Å². The molecular weight excluding hydrogens is 366 g/mol. The number of nitrogens with zero attached hydrogens (tertiary/aromatic N) is 3. The van der Waals surface area contributed by atoms with Gasteiger partial charge in [-0.2, -0.15) is 0 Å². The summed E-state index contributed by atoms with van der Waals surface area (Å²) in [5.74, 6) is 5.30. The van der Waals surface area contributed by atoms with Crippen LogP contribution in [-0.4, -0.2) is 40.0 Å².